The number of amides is 3. The largest absolute Gasteiger partial charge is 0.492 e. The Labute approximate surface area is 591 Å². The summed E-state index contributed by atoms with van der Waals surface area (Å²) in [4.78, 5) is 91.1. The lowest BCUT2D eigenvalue weighted by Gasteiger charge is -2.14. The first kappa shape index (κ1) is 64.8. The van der Waals surface area contributed by atoms with Crippen LogP contribution in [-0.4, -0.2) is 82.3 Å². The number of aromatic nitrogens is 12. The average molecular weight is 1380 g/mol. The zero-order chi connectivity index (χ0) is 71.0. The van der Waals surface area contributed by atoms with E-state index in [-0.39, 0.29) is 54.0 Å². The minimum absolute atomic E-state index is 0.146. The predicted molar refractivity (Wildman–Crippen MR) is 394 cm³/mol. The van der Waals surface area contributed by atoms with Crippen molar-refractivity contribution in [3.63, 3.8) is 0 Å². The van der Waals surface area contributed by atoms with Gasteiger partial charge in [0, 0.05) is 58.1 Å². The van der Waals surface area contributed by atoms with Crippen molar-refractivity contribution < 1.29 is 23.5 Å². The maximum absolute atomic E-state index is 14.8. The number of carbonyl (C=O) groups excluding carboxylic acids is 3. The molecule has 9 heterocycles. The zero-order valence-corrected chi connectivity index (χ0v) is 55.9. The van der Waals surface area contributed by atoms with Crippen molar-refractivity contribution >= 4 is 68.7 Å². The topological polar surface area (TPSA) is 255 Å². The van der Waals surface area contributed by atoms with Crippen LogP contribution in [0.15, 0.2) is 257 Å². The normalized spacial score (nSPS) is 13.3. The number of benzene rings is 9. The number of imidazole rings is 3. The first-order chi connectivity index (χ1) is 50.7. The highest BCUT2D eigenvalue weighted by Crippen LogP contribution is 2.30. The van der Waals surface area contributed by atoms with Crippen molar-refractivity contribution in [1.29, 1.82) is 0 Å². The van der Waals surface area contributed by atoms with Crippen LogP contribution in [0, 0.1) is 12.7 Å². The summed E-state index contributed by atoms with van der Waals surface area (Å²) in [6.45, 7) is 4.42. The molecular formula is C81H62FN15O7. The number of nitrogens with zero attached hydrogens (tertiary/aromatic N) is 12. The van der Waals surface area contributed by atoms with Crippen LogP contribution < -0.4 is 37.4 Å². The van der Waals surface area contributed by atoms with Crippen LogP contribution in [0.4, 0.5) is 22.2 Å². The Morgan fingerprint density at radius 3 is 1.40 bits per heavy atom. The third-order valence-corrected chi connectivity index (χ3v) is 18.3. The molecule has 510 valence electrons. The van der Waals surface area contributed by atoms with Gasteiger partial charge in [-0.15, -0.1) is 0 Å². The van der Waals surface area contributed by atoms with Gasteiger partial charge in [0.2, 0.25) is 17.8 Å². The number of aryl methyl sites for hydroxylation is 3. The molecule has 0 fully saturated rings. The molecule has 9 aromatic carbocycles. The Morgan fingerprint density at radius 2 is 0.827 bits per heavy atom. The van der Waals surface area contributed by atoms with E-state index in [0.29, 0.717) is 83.5 Å². The van der Waals surface area contributed by atoms with E-state index < -0.39 is 5.82 Å². The Kier molecular flexibility index (Phi) is 17.3. The molecule has 3 aliphatic heterocycles. The van der Waals surface area contributed by atoms with E-state index >= 15 is 0 Å². The summed E-state index contributed by atoms with van der Waals surface area (Å²) in [5, 5.41) is 22.6. The Balaban J connectivity index is 0.000000120. The molecule has 0 radical (unpaired) electrons. The van der Waals surface area contributed by atoms with Gasteiger partial charge in [0.05, 0.1) is 82.9 Å². The van der Waals surface area contributed by atoms with Crippen molar-refractivity contribution in [1.82, 2.24) is 58.0 Å². The monoisotopic (exact) mass is 1380 g/mol. The van der Waals surface area contributed by atoms with Gasteiger partial charge in [0.1, 0.15) is 18.2 Å². The molecule has 6 aromatic heterocycles. The fourth-order valence-corrected chi connectivity index (χ4v) is 13.2. The number of para-hydroxylation sites is 6. The molecular weight excluding hydrogens is 1310 g/mol. The molecule has 3 amide bonds. The molecule has 0 saturated heterocycles. The molecule has 0 atom stereocenters. The van der Waals surface area contributed by atoms with Crippen molar-refractivity contribution in [2.45, 2.75) is 52.6 Å². The summed E-state index contributed by atoms with van der Waals surface area (Å²) in [6.07, 6.45) is 0.741. The third-order valence-electron chi connectivity index (χ3n) is 18.3. The van der Waals surface area contributed by atoms with Gasteiger partial charge in [-0.05, 0) is 162 Å². The van der Waals surface area contributed by atoms with Crippen LogP contribution in [0.2, 0.25) is 0 Å². The van der Waals surface area contributed by atoms with Crippen molar-refractivity contribution in [3.8, 4) is 39.5 Å². The molecule has 15 aromatic rings. The summed E-state index contributed by atoms with van der Waals surface area (Å²) in [6, 6.07) is 73.0. The number of halogens is 1. The second-order valence-corrected chi connectivity index (χ2v) is 25.4. The number of anilines is 3. The molecule has 3 N–H and O–H groups in total. The smallest absolute Gasteiger partial charge is 0.267 e. The number of hydrogen-bond acceptors (Lipinski definition) is 13. The second kappa shape index (κ2) is 27.7. The van der Waals surface area contributed by atoms with Crippen LogP contribution in [0.1, 0.15) is 64.5 Å². The van der Waals surface area contributed by atoms with E-state index in [9.17, 15) is 33.2 Å². The maximum atomic E-state index is 14.8. The highest BCUT2D eigenvalue weighted by atomic mass is 19.1. The first-order valence-corrected chi connectivity index (χ1v) is 33.7. The van der Waals surface area contributed by atoms with Gasteiger partial charge < -0.3 is 18.4 Å². The van der Waals surface area contributed by atoms with Crippen molar-refractivity contribution in [2.24, 2.45) is 0 Å². The highest BCUT2D eigenvalue weighted by Gasteiger charge is 2.22. The maximum Gasteiger partial charge on any atom is 0.267 e. The summed E-state index contributed by atoms with van der Waals surface area (Å²) in [5.74, 6) is 0.771. The van der Waals surface area contributed by atoms with Crippen LogP contribution in [0.3, 0.4) is 0 Å². The van der Waals surface area contributed by atoms with E-state index in [1.54, 1.807) is 72.8 Å². The lowest BCUT2D eigenvalue weighted by molar-refractivity contribution is 0.101. The lowest BCUT2D eigenvalue weighted by atomic mass is 10.0. The van der Waals surface area contributed by atoms with Crippen LogP contribution in [-0.2, 0) is 45.7 Å². The molecule has 0 saturated carbocycles. The molecule has 18 rings (SSSR count). The summed E-state index contributed by atoms with van der Waals surface area (Å²) < 4.78 is 30.9. The van der Waals surface area contributed by atoms with E-state index in [4.69, 9.17) is 14.8 Å². The van der Waals surface area contributed by atoms with Gasteiger partial charge in [0.25, 0.3) is 34.4 Å². The van der Waals surface area contributed by atoms with Gasteiger partial charge in [-0.2, -0.15) is 15.3 Å². The quantitative estimate of drug-likeness (QED) is 0.128. The number of hydrogen-bond donors (Lipinski definition) is 3. The van der Waals surface area contributed by atoms with E-state index in [1.165, 1.54) is 38.3 Å². The Hall–Kier alpha value is -13.8. The minimum atomic E-state index is -0.434. The third kappa shape index (κ3) is 13.5. The van der Waals surface area contributed by atoms with Crippen molar-refractivity contribution in [3.05, 3.63) is 330 Å². The Bertz CT molecular complexity index is 6130. The minimum Gasteiger partial charge on any atom is -0.492 e. The summed E-state index contributed by atoms with van der Waals surface area (Å²) in [5.41, 5.74) is 14.8. The molecule has 18 bridgehead atoms. The number of nitrogens with one attached hydrogen (secondary N) is 3. The molecule has 3 aliphatic rings. The Morgan fingerprint density at radius 1 is 0.375 bits per heavy atom. The van der Waals surface area contributed by atoms with Gasteiger partial charge in [-0.1, -0.05) is 109 Å². The zero-order valence-electron chi connectivity index (χ0n) is 55.9. The number of ether oxygens (including phenoxy) is 1. The lowest BCUT2D eigenvalue weighted by Crippen LogP contribution is -2.24. The number of fused-ring (bicyclic) bond motifs is 30. The fourth-order valence-electron chi connectivity index (χ4n) is 13.2. The number of rotatable bonds is 0. The van der Waals surface area contributed by atoms with E-state index in [1.807, 2.05) is 150 Å². The highest BCUT2D eigenvalue weighted by molar-refractivity contribution is 6.06. The molecule has 22 nitrogen and oxygen atoms in total. The van der Waals surface area contributed by atoms with Gasteiger partial charge in [0.15, 0.2) is 0 Å². The molecule has 104 heavy (non-hydrogen) atoms. The average Bonchev–Trinajstić information content (AvgIpc) is 1.54. The second-order valence-electron chi connectivity index (χ2n) is 25.4. The van der Waals surface area contributed by atoms with E-state index in [0.717, 1.165) is 89.7 Å². The van der Waals surface area contributed by atoms with Crippen molar-refractivity contribution in [2.75, 3.05) is 22.6 Å². The van der Waals surface area contributed by atoms with Gasteiger partial charge in [-0.25, -0.2) is 33.4 Å². The van der Waals surface area contributed by atoms with Crippen LogP contribution >= 0.6 is 0 Å². The van der Waals surface area contributed by atoms with E-state index in [2.05, 4.69) is 52.8 Å². The first-order valence-electron chi connectivity index (χ1n) is 33.7. The standard InChI is InChI=1S/C28H23N5O2.C27H21N5O3.C26H18FN5O2/c1-18-14-25(34)33-17-20-7-5-9-22(16-20)27(35)30-28-29-23-10-2-3-11-24(23)32(28)13-12-19-6-4-8-21(15-19)26(18)31-33;33-25-12-11-22-19-6-4-8-21(16-19)35-14-13-31-24-10-2-1-9-23(24)28-27(31)29-26(34)20-7-3-5-18(15-20)17-32(25)30-22;27-20-9-8-17-13-19(20)21-10-11-24(33)32(30-21)15-16-4-3-5-18(12-16)25(34)29-26-28-22-6-1-2-7-23(22)31(26)14-17/h2-11,14-16H,12-13,17H2,1H3,(H,29,30,35);1-12,15-16H,13-14,17H2,(H,28,29,34);1-13H,14-15H2,(H,28,29,34). The molecule has 23 heteroatoms. The summed E-state index contributed by atoms with van der Waals surface area (Å²) >= 11 is 0. The predicted octanol–water partition coefficient (Wildman–Crippen LogP) is 12.4. The SMILES string of the molecule is Cc1cc(=O)n2nc1-c1cccc(c1)CCn1c(nc3ccccc31)NC(=O)c1cccc(c1)C2.O=C1Nc2nc3ccccc3n2CCOc2cccc(c2)-c2ccc(=O)n(n2)Cc2cccc1c2.O=C1Nc2nc3ccccc3n2Cc2ccc(F)c(c2)-c2ccc(=O)n(n2)Cc2cccc1c2. The van der Waals surface area contributed by atoms with Gasteiger partial charge in [-0.3, -0.25) is 44.7 Å². The fraction of sp³-hybridized carbons (Fsp3) is 0.111. The van der Waals surface area contributed by atoms with Gasteiger partial charge >= 0.3 is 0 Å². The molecule has 0 spiro atoms. The molecule has 0 aliphatic carbocycles. The number of carbonyl (C=O) groups is 3. The molecule has 0 unspecified atom stereocenters. The van der Waals surface area contributed by atoms with Crippen LogP contribution in [0.25, 0.3) is 66.9 Å². The van der Waals surface area contributed by atoms with Crippen LogP contribution in [0.5, 0.6) is 5.75 Å². The summed E-state index contributed by atoms with van der Waals surface area (Å²) in [7, 11) is 0.